The van der Waals surface area contributed by atoms with Gasteiger partial charge in [-0.1, -0.05) is 66.7 Å². The van der Waals surface area contributed by atoms with Gasteiger partial charge in [0.25, 0.3) is 0 Å². The first kappa shape index (κ1) is 15.6. The number of nitrogens with zero attached hydrogens (tertiary/aromatic N) is 1. The van der Waals surface area contributed by atoms with E-state index in [9.17, 15) is 4.79 Å². The standard InChI is InChI=1S/C22H20N2O/c1-15(18-12-11-16-7-5-6-10-19(16)13-18)23-24-22(25)21-14-20(21)17-8-3-2-4-9-17/h2-13,20-21H,14H2,1H3,(H,24,25)/b23-15-/t20-,21+/m0/s1. The summed E-state index contributed by atoms with van der Waals surface area (Å²) < 4.78 is 0. The first-order valence-corrected chi connectivity index (χ1v) is 8.60. The molecule has 3 nitrogen and oxygen atoms in total. The number of carbonyl (C=O) groups is 1. The molecular weight excluding hydrogens is 308 g/mol. The van der Waals surface area contributed by atoms with Crippen LogP contribution in [0.15, 0.2) is 77.9 Å². The van der Waals surface area contributed by atoms with Crippen LogP contribution >= 0.6 is 0 Å². The number of hydrogen-bond donors (Lipinski definition) is 1. The highest BCUT2D eigenvalue weighted by molar-refractivity contribution is 6.02. The molecule has 124 valence electrons. The number of hydrogen-bond acceptors (Lipinski definition) is 2. The lowest BCUT2D eigenvalue weighted by Crippen LogP contribution is -2.21. The maximum atomic E-state index is 12.3. The van der Waals surface area contributed by atoms with Gasteiger partial charge in [0.1, 0.15) is 0 Å². The van der Waals surface area contributed by atoms with E-state index in [0.29, 0.717) is 5.92 Å². The van der Waals surface area contributed by atoms with Gasteiger partial charge < -0.3 is 0 Å². The van der Waals surface area contributed by atoms with Crippen LogP contribution in [0.3, 0.4) is 0 Å². The molecule has 3 aromatic rings. The summed E-state index contributed by atoms with van der Waals surface area (Å²) in [5.74, 6) is 0.377. The summed E-state index contributed by atoms with van der Waals surface area (Å²) in [5.41, 5.74) is 5.81. The SMILES string of the molecule is C/C(=N/NC(=O)[C@@H]1C[C@H]1c1ccccc1)c1ccc2ccccc2c1. The van der Waals surface area contributed by atoms with E-state index in [1.165, 1.54) is 16.3 Å². The van der Waals surface area contributed by atoms with Crippen molar-refractivity contribution >= 4 is 22.4 Å². The van der Waals surface area contributed by atoms with Crippen molar-refractivity contribution in [2.24, 2.45) is 11.0 Å². The summed E-state index contributed by atoms with van der Waals surface area (Å²) in [6.45, 7) is 1.92. The van der Waals surface area contributed by atoms with Crippen molar-refractivity contribution in [3.05, 3.63) is 83.9 Å². The Balaban J connectivity index is 1.43. The minimum Gasteiger partial charge on any atom is -0.273 e. The van der Waals surface area contributed by atoms with Gasteiger partial charge in [0.05, 0.1) is 5.71 Å². The Morgan fingerprint density at radius 1 is 0.960 bits per heavy atom. The van der Waals surface area contributed by atoms with E-state index in [0.717, 1.165) is 17.7 Å². The van der Waals surface area contributed by atoms with E-state index in [2.05, 4.69) is 46.9 Å². The zero-order valence-electron chi connectivity index (χ0n) is 14.1. The van der Waals surface area contributed by atoms with Gasteiger partial charge in [-0.05, 0) is 47.2 Å². The molecule has 4 rings (SSSR count). The largest absolute Gasteiger partial charge is 0.273 e. The molecule has 0 spiro atoms. The predicted octanol–water partition coefficient (Wildman–Crippen LogP) is 4.48. The second-order valence-electron chi connectivity index (χ2n) is 6.59. The molecular formula is C22H20N2O. The fraction of sp³-hybridized carbons (Fsp3) is 0.182. The second kappa shape index (κ2) is 6.52. The highest BCUT2D eigenvalue weighted by atomic mass is 16.2. The highest BCUT2D eigenvalue weighted by Crippen LogP contribution is 2.47. The number of rotatable bonds is 4. The predicted molar refractivity (Wildman–Crippen MR) is 102 cm³/mol. The van der Waals surface area contributed by atoms with E-state index >= 15 is 0 Å². The van der Waals surface area contributed by atoms with Crippen LogP contribution in [-0.4, -0.2) is 11.6 Å². The molecule has 1 fully saturated rings. The van der Waals surface area contributed by atoms with Gasteiger partial charge >= 0.3 is 0 Å². The van der Waals surface area contributed by atoms with E-state index in [4.69, 9.17) is 0 Å². The van der Waals surface area contributed by atoms with Crippen molar-refractivity contribution in [2.75, 3.05) is 0 Å². The summed E-state index contributed by atoms with van der Waals surface area (Å²) in [6, 6.07) is 24.7. The fourth-order valence-corrected chi connectivity index (χ4v) is 3.25. The Bertz CT molecular complexity index is 946. The molecule has 0 bridgehead atoms. The minimum atomic E-state index is 0.00833. The number of carbonyl (C=O) groups excluding carboxylic acids is 1. The molecule has 1 amide bonds. The molecule has 1 saturated carbocycles. The average molecular weight is 328 g/mol. The van der Waals surface area contributed by atoms with Crippen molar-refractivity contribution < 1.29 is 4.79 Å². The topological polar surface area (TPSA) is 41.5 Å². The third-order valence-corrected chi connectivity index (χ3v) is 4.86. The van der Waals surface area contributed by atoms with Gasteiger partial charge in [-0.15, -0.1) is 0 Å². The Hall–Kier alpha value is -2.94. The van der Waals surface area contributed by atoms with Crippen LogP contribution in [0.25, 0.3) is 10.8 Å². The van der Waals surface area contributed by atoms with Gasteiger partial charge in [-0.3, -0.25) is 4.79 Å². The van der Waals surface area contributed by atoms with Gasteiger partial charge in [0.2, 0.25) is 5.91 Å². The molecule has 1 aliphatic carbocycles. The van der Waals surface area contributed by atoms with Crippen molar-refractivity contribution in [3.63, 3.8) is 0 Å². The summed E-state index contributed by atoms with van der Waals surface area (Å²) in [5, 5.41) is 6.68. The molecule has 1 aliphatic rings. The Morgan fingerprint density at radius 2 is 1.68 bits per heavy atom. The first-order valence-electron chi connectivity index (χ1n) is 8.60. The van der Waals surface area contributed by atoms with Crippen molar-refractivity contribution in [1.29, 1.82) is 0 Å². The molecule has 0 heterocycles. The van der Waals surface area contributed by atoms with E-state index < -0.39 is 0 Å². The van der Waals surface area contributed by atoms with Crippen LogP contribution in [0, 0.1) is 5.92 Å². The summed E-state index contributed by atoms with van der Waals surface area (Å²) in [7, 11) is 0. The number of nitrogens with one attached hydrogen (secondary N) is 1. The second-order valence-corrected chi connectivity index (χ2v) is 6.59. The van der Waals surface area contributed by atoms with Crippen LogP contribution in [-0.2, 0) is 4.79 Å². The molecule has 3 heteroatoms. The zero-order chi connectivity index (χ0) is 17.2. The van der Waals surface area contributed by atoms with Gasteiger partial charge in [-0.2, -0.15) is 5.10 Å². The lowest BCUT2D eigenvalue weighted by Gasteiger charge is -2.05. The van der Waals surface area contributed by atoms with Gasteiger partial charge in [0.15, 0.2) is 0 Å². The van der Waals surface area contributed by atoms with E-state index in [1.54, 1.807) is 0 Å². The van der Waals surface area contributed by atoms with Crippen LogP contribution in [0.4, 0.5) is 0 Å². The number of benzene rings is 3. The molecule has 1 N–H and O–H groups in total. The van der Waals surface area contributed by atoms with Crippen molar-refractivity contribution in [2.45, 2.75) is 19.3 Å². The normalized spacial score (nSPS) is 19.6. The number of amides is 1. The molecule has 3 aromatic carbocycles. The number of hydrazone groups is 1. The lowest BCUT2D eigenvalue weighted by atomic mass is 10.0. The Labute approximate surface area is 147 Å². The Kier molecular flexibility index (Phi) is 4.06. The molecule has 0 saturated heterocycles. The molecule has 0 aliphatic heterocycles. The minimum absolute atomic E-state index is 0.00833. The quantitative estimate of drug-likeness (QED) is 0.557. The third kappa shape index (κ3) is 3.31. The van der Waals surface area contributed by atoms with Crippen LogP contribution in [0.2, 0.25) is 0 Å². The molecule has 25 heavy (non-hydrogen) atoms. The monoisotopic (exact) mass is 328 g/mol. The zero-order valence-corrected chi connectivity index (χ0v) is 14.1. The van der Waals surface area contributed by atoms with Crippen LogP contribution < -0.4 is 5.43 Å². The Morgan fingerprint density at radius 3 is 2.48 bits per heavy atom. The maximum absolute atomic E-state index is 12.3. The lowest BCUT2D eigenvalue weighted by molar-refractivity contribution is -0.122. The van der Waals surface area contributed by atoms with Gasteiger partial charge in [0, 0.05) is 5.92 Å². The van der Waals surface area contributed by atoms with Crippen LogP contribution in [0.1, 0.15) is 30.4 Å². The molecule has 0 unspecified atom stereocenters. The summed E-state index contributed by atoms with van der Waals surface area (Å²) in [6.07, 6.45) is 0.903. The first-order chi connectivity index (χ1) is 12.2. The summed E-state index contributed by atoms with van der Waals surface area (Å²) >= 11 is 0. The van der Waals surface area contributed by atoms with E-state index in [1.807, 2.05) is 43.3 Å². The van der Waals surface area contributed by atoms with Crippen molar-refractivity contribution in [1.82, 2.24) is 5.43 Å². The average Bonchev–Trinajstić information content (AvgIpc) is 3.47. The fourth-order valence-electron chi connectivity index (χ4n) is 3.25. The van der Waals surface area contributed by atoms with Crippen LogP contribution in [0.5, 0.6) is 0 Å². The van der Waals surface area contributed by atoms with Crippen molar-refractivity contribution in [3.8, 4) is 0 Å². The highest BCUT2D eigenvalue weighted by Gasteiger charge is 2.43. The van der Waals surface area contributed by atoms with Gasteiger partial charge in [-0.25, -0.2) is 5.43 Å². The maximum Gasteiger partial charge on any atom is 0.243 e. The smallest absolute Gasteiger partial charge is 0.243 e. The molecule has 2 atom stereocenters. The molecule has 0 radical (unpaired) electrons. The molecule has 0 aromatic heterocycles. The van der Waals surface area contributed by atoms with E-state index in [-0.39, 0.29) is 11.8 Å². The third-order valence-electron chi connectivity index (χ3n) is 4.86. The number of fused-ring (bicyclic) bond motifs is 1. The summed E-state index contributed by atoms with van der Waals surface area (Å²) in [4.78, 5) is 12.3.